The molecule has 1 aliphatic heterocycles. The van der Waals surface area contributed by atoms with Crippen LogP contribution < -0.4 is 5.32 Å². The highest BCUT2D eigenvalue weighted by atomic mass is 16.7. The molecule has 1 saturated carbocycles. The third kappa shape index (κ3) is 3.47. The average molecular weight is 294 g/mol. The van der Waals surface area contributed by atoms with Gasteiger partial charge in [0.2, 0.25) is 0 Å². The molecule has 2 aliphatic rings. The van der Waals surface area contributed by atoms with E-state index in [1.165, 1.54) is 5.56 Å². The number of hydrogen-bond acceptors (Lipinski definition) is 5. The number of aromatic nitrogens is 1. The molecule has 118 valence electrons. The summed E-state index contributed by atoms with van der Waals surface area (Å²) in [5, 5.41) is 7.67. The predicted octanol–water partition coefficient (Wildman–Crippen LogP) is 2.50. The molecule has 1 aromatic rings. The summed E-state index contributed by atoms with van der Waals surface area (Å²) in [5.74, 6) is 0.720. The molecule has 2 fully saturated rings. The summed E-state index contributed by atoms with van der Waals surface area (Å²) in [5.41, 5.74) is 2.30. The predicted molar refractivity (Wildman–Crippen MR) is 79.2 cm³/mol. The number of hydrogen-bond donors (Lipinski definition) is 1. The zero-order chi connectivity index (χ0) is 14.7. The Morgan fingerprint density at radius 1 is 1.19 bits per heavy atom. The first-order valence-corrected chi connectivity index (χ1v) is 8.12. The molecular weight excluding hydrogens is 268 g/mol. The first-order chi connectivity index (χ1) is 10.2. The third-order valence-corrected chi connectivity index (χ3v) is 4.78. The van der Waals surface area contributed by atoms with Crippen LogP contribution in [0.4, 0.5) is 0 Å². The van der Waals surface area contributed by atoms with Crippen LogP contribution in [0.25, 0.3) is 0 Å². The van der Waals surface area contributed by atoms with Crippen LogP contribution in [-0.2, 0) is 15.9 Å². The van der Waals surface area contributed by atoms with Gasteiger partial charge in [-0.3, -0.25) is 0 Å². The van der Waals surface area contributed by atoms with Crippen LogP contribution >= 0.6 is 0 Å². The molecule has 21 heavy (non-hydrogen) atoms. The van der Waals surface area contributed by atoms with Crippen molar-refractivity contribution in [2.75, 3.05) is 19.8 Å². The Hall–Kier alpha value is -0.910. The number of aryl methyl sites for hydroxylation is 2. The Kier molecular flexibility index (Phi) is 4.62. The molecule has 0 atom stereocenters. The summed E-state index contributed by atoms with van der Waals surface area (Å²) in [4.78, 5) is 0. The minimum atomic E-state index is -0.241. The maximum atomic E-state index is 5.76. The second-order valence-corrected chi connectivity index (χ2v) is 6.24. The molecule has 0 aromatic carbocycles. The number of rotatable bonds is 5. The fourth-order valence-corrected chi connectivity index (χ4v) is 3.48. The lowest BCUT2D eigenvalue weighted by molar-refractivity contribution is -0.179. The lowest BCUT2D eigenvalue weighted by Crippen LogP contribution is -2.42. The summed E-state index contributed by atoms with van der Waals surface area (Å²) in [7, 11) is 0. The lowest BCUT2D eigenvalue weighted by atomic mass is 9.90. The van der Waals surface area contributed by atoms with Crippen molar-refractivity contribution >= 4 is 0 Å². The van der Waals surface area contributed by atoms with Gasteiger partial charge in [-0.2, -0.15) is 0 Å². The summed E-state index contributed by atoms with van der Waals surface area (Å²) >= 11 is 0. The van der Waals surface area contributed by atoms with Gasteiger partial charge >= 0.3 is 0 Å². The maximum Gasteiger partial charge on any atom is 0.168 e. The SMILES string of the molecule is Cc1noc(C)c1CCCNC1CCC2(CC1)OCCO2. The van der Waals surface area contributed by atoms with Crippen LogP contribution in [-0.4, -0.2) is 36.7 Å². The molecule has 3 rings (SSSR count). The van der Waals surface area contributed by atoms with Crippen LogP contribution in [0, 0.1) is 13.8 Å². The highest BCUT2D eigenvalue weighted by Gasteiger charge is 2.39. The van der Waals surface area contributed by atoms with Crippen molar-refractivity contribution in [2.45, 2.75) is 64.2 Å². The topological polar surface area (TPSA) is 56.5 Å². The first kappa shape index (κ1) is 15.0. The largest absolute Gasteiger partial charge is 0.361 e. The van der Waals surface area contributed by atoms with Gasteiger partial charge in [0.1, 0.15) is 5.76 Å². The van der Waals surface area contributed by atoms with E-state index in [0.717, 1.165) is 69.7 Å². The molecule has 1 saturated heterocycles. The average Bonchev–Trinajstić information content (AvgIpc) is 3.07. The molecule has 5 heteroatoms. The van der Waals surface area contributed by atoms with Crippen molar-refractivity contribution in [3.63, 3.8) is 0 Å². The minimum absolute atomic E-state index is 0.241. The Balaban J connectivity index is 1.35. The van der Waals surface area contributed by atoms with Crippen molar-refractivity contribution in [3.05, 3.63) is 17.0 Å². The Labute approximate surface area is 126 Å². The van der Waals surface area contributed by atoms with Crippen LogP contribution in [0.1, 0.15) is 49.1 Å². The van der Waals surface area contributed by atoms with E-state index >= 15 is 0 Å². The number of ether oxygens (including phenoxy) is 2. The molecule has 0 amide bonds. The summed E-state index contributed by atoms with van der Waals surface area (Å²) in [6, 6.07) is 0.605. The van der Waals surface area contributed by atoms with Crippen molar-refractivity contribution < 1.29 is 14.0 Å². The fraction of sp³-hybridized carbons (Fsp3) is 0.812. The monoisotopic (exact) mass is 294 g/mol. The minimum Gasteiger partial charge on any atom is -0.361 e. The smallest absolute Gasteiger partial charge is 0.168 e. The molecule has 0 bridgehead atoms. The molecule has 1 N–H and O–H groups in total. The first-order valence-electron chi connectivity index (χ1n) is 8.12. The van der Waals surface area contributed by atoms with Gasteiger partial charge in [-0.25, -0.2) is 0 Å². The van der Waals surface area contributed by atoms with E-state index < -0.39 is 0 Å². The van der Waals surface area contributed by atoms with Crippen LogP contribution in [0.5, 0.6) is 0 Å². The van der Waals surface area contributed by atoms with E-state index in [2.05, 4.69) is 10.5 Å². The van der Waals surface area contributed by atoms with E-state index in [1.807, 2.05) is 13.8 Å². The van der Waals surface area contributed by atoms with Crippen LogP contribution in [0.15, 0.2) is 4.52 Å². The number of nitrogens with one attached hydrogen (secondary N) is 1. The van der Waals surface area contributed by atoms with Gasteiger partial charge in [0.15, 0.2) is 5.79 Å². The second kappa shape index (κ2) is 6.46. The molecule has 0 radical (unpaired) electrons. The fourth-order valence-electron chi connectivity index (χ4n) is 3.48. The zero-order valence-corrected chi connectivity index (χ0v) is 13.1. The molecule has 2 heterocycles. The Bertz CT molecular complexity index is 437. The Morgan fingerprint density at radius 2 is 1.90 bits per heavy atom. The van der Waals surface area contributed by atoms with Crippen molar-refractivity contribution in [3.8, 4) is 0 Å². The normalized spacial score (nSPS) is 22.2. The molecular formula is C16H26N2O3. The quantitative estimate of drug-likeness (QED) is 0.846. The molecule has 5 nitrogen and oxygen atoms in total. The van der Waals surface area contributed by atoms with E-state index in [0.29, 0.717) is 6.04 Å². The van der Waals surface area contributed by atoms with Gasteiger partial charge in [0.05, 0.1) is 18.9 Å². The van der Waals surface area contributed by atoms with Crippen molar-refractivity contribution in [1.82, 2.24) is 10.5 Å². The van der Waals surface area contributed by atoms with Gasteiger partial charge in [0, 0.05) is 24.4 Å². The van der Waals surface area contributed by atoms with Gasteiger partial charge in [-0.05, 0) is 46.1 Å². The highest BCUT2D eigenvalue weighted by molar-refractivity contribution is 5.20. The maximum absolute atomic E-state index is 5.76. The van der Waals surface area contributed by atoms with Gasteiger partial charge in [-0.15, -0.1) is 0 Å². The van der Waals surface area contributed by atoms with Crippen molar-refractivity contribution in [2.24, 2.45) is 0 Å². The zero-order valence-electron chi connectivity index (χ0n) is 13.1. The molecule has 0 unspecified atom stereocenters. The summed E-state index contributed by atoms with van der Waals surface area (Å²) in [6.07, 6.45) is 6.49. The highest BCUT2D eigenvalue weighted by Crippen LogP contribution is 2.35. The van der Waals surface area contributed by atoms with E-state index in [-0.39, 0.29) is 5.79 Å². The lowest BCUT2D eigenvalue weighted by Gasteiger charge is -2.35. The number of nitrogens with zero attached hydrogens (tertiary/aromatic N) is 1. The van der Waals surface area contributed by atoms with Gasteiger partial charge in [-0.1, -0.05) is 5.16 Å². The van der Waals surface area contributed by atoms with E-state index in [9.17, 15) is 0 Å². The van der Waals surface area contributed by atoms with E-state index in [4.69, 9.17) is 14.0 Å². The third-order valence-electron chi connectivity index (χ3n) is 4.78. The molecule has 1 aliphatic carbocycles. The van der Waals surface area contributed by atoms with Gasteiger partial charge in [0.25, 0.3) is 0 Å². The van der Waals surface area contributed by atoms with Gasteiger partial charge < -0.3 is 19.3 Å². The van der Waals surface area contributed by atoms with Crippen LogP contribution in [0.3, 0.4) is 0 Å². The molecule has 1 spiro atoms. The van der Waals surface area contributed by atoms with Crippen molar-refractivity contribution in [1.29, 1.82) is 0 Å². The summed E-state index contributed by atoms with van der Waals surface area (Å²) < 4.78 is 16.7. The van der Waals surface area contributed by atoms with E-state index in [1.54, 1.807) is 0 Å². The standard InChI is InChI=1S/C16H26N2O3/c1-12-15(13(2)21-18-12)4-3-9-17-14-5-7-16(8-6-14)19-10-11-20-16/h14,17H,3-11H2,1-2H3. The van der Waals surface area contributed by atoms with Crippen LogP contribution in [0.2, 0.25) is 0 Å². The summed E-state index contributed by atoms with van der Waals surface area (Å²) in [6.45, 7) is 6.57. The molecule has 1 aromatic heterocycles. The second-order valence-electron chi connectivity index (χ2n) is 6.24. The Morgan fingerprint density at radius 3 is 2.52 bits per heavy atom.